The van der Waals surface area contributed by atoms with Gasteiger partial charge in [-0.25, -0.2) is 13.1 Å². The third kappa shape index (κ3) is 2.72. The van der Waals surface area contributed by atoms with Crippen LogP contribution in [0.4, 0.5) is 0 Å². The van der Waals surface area contributed by atoms with Crippen LogP contribution in [-0.2, 0) is 10.0 Å². The van der Waals surface area contributed by atoms with Crippen molar-refractivity contribution in [1.29, 1.82) is 0 Å². The van der Waals surface area contributed by atoms with Crippen LogP contribution in [0.3, 0.4) is 0 Å². The molecule has 1 aliphatic rings. The van der Waals surface area contributed by atoms with E-state index in [-0.39, 0.29) is 5.54 Å². The van der Waals surface area contributed by atoms with E-state index in [1.807, 2.05) is 26.0 Å². The first-order chi connectivity index (χ1) is 7.82. The Morgan fingerprint density at radius 1 is 1.35 bits per heavy atom. The van der Waals surface area contributed by atoms with Gasteiger partial charge in [-0.3, -0.25) is 0 Å². The molecular formula is C12H16BrNO2S. The van der Waals surface area contributed by atoms with E-state index >= 15 is 0 Å². The predicted molar refractivity (Wildman–Crippen MR) is 71.5 cm³/mol. The van der Waals surface area contributed by atoms with Gasteiger partial charge in [0.25, 0.3) is 0 Å². The zero-order chi connectivity index (χ0) is 12.7. The first-order valence-corrected chi connectivity index (χ1v) is 7.90. The molecule has 0 heterocycles. The van der Waals surface area contributed by atoms with Crippen molar-refractivity contribution in [3.63, 3.8) is 0 Å². The van der Waals surface area contributed by atoms with Crippen LogP contribution in [-0.4, -0.2) is 14.0 Å². The van der Waals surface area contributed by atoms with Gasteiger partial charge in [-0.05, 0) is 66.7 Å². The normalized spacial score (nSPS) is 18.8. The van der Waals surface area contributed by atoms with Gasteiger partial charge < -0.3 is 0 Å². The summed E-state index contributed by atoms with van der Waals surface area (Å²) in [6, 6.07) is 5.27. The molecule has 0 amide bonds. The maximum absolute atomic E-state index is 12.2. The molecule has 0 aliphatic heterocycles. The molecule has 0 spiro atoms. The second-order valence-electron chi connectivity index (χ2n) is 4.95. The number of hydrogen-bond acceptors (Lipinski definition) is 2. The standard InChI is InChI=1S/C12H16BrNO2S/c1-9-4-5-11(10(13)8-9)17(15,16)14-12(2)6-3-7-12/h4-5,8,14H,3,6-7H2,1-2H3. The van der Waals surface area contributed by atoms with Crippen LogP contribution in [0.5, 0.6) is 0 Å². The summed E-state index contributed by atoms with van der Waals surface area (Å²) < 4.78 is 27.9. The van der Waals surface area contributed by atoms with Gasteiger partial charge in [0.15, 0.2) is 0 Å². The van der Waals surface area contributed by atoms with Crippen LogP contribution in [0.2, 0.25) is 0 Å². The van der Waals surface area contributed by atoms with Crippen molar-refractivity contribution >= 4 is 26.0 Å². The third-order valence-electron chi connectivity index (χ3n) is 3.21. The molecule has 3 nitrogen and oxygen atoms in total. The van der Waals surface area contributed by atoms with Gasteiger partial charge in [0.05, 0.1) is 4.90 Å². The maximum atomic E-state index is 12.2. The van der Waals surface area contributed by atoms with Crippen molar-refractivity contribution in [2.75, 3.05) is 0 Å². The highest BCUT2D eigenvalue weighted by molar-refractivity contribution is 9.10. The van der Waals surface area contributed by atoms with Crippen LogP contribution in [0.1, 0.15) is 31.7 Å². The number of nitrogens with one attached hydrogen (secondary N) is 1. The lowest BCUT2D eigenvalue weighted by Crippen LogP contribution is -2.50. The molecule has 0 radical (unpaired) electrons. The average molecular weight is 318 g/mol. The Morgan fingerprint density at radius 3 is 2.47 bits per heavy atom. The lowest BCUT2D eigenvalue weighted by molar-refractivity contribution is 0.248. The molecule has 1 fully saturated rings. The van der Waals surface area contributed by atoms with E-state index in [2.05, 4.69) is 20.7 Å². The van der Waals surface area contributed by atoms with Crippen LogP contribution in [0, 0.1) is 6.92 Å². The largest absolute Gasteiger partial charge is 0.242 e. The summed E-state index contributed by atoms with van der Waals surface area (Å²) in [7, 11) is -3.42. The quantitative estimate of drug-likeness (QED) is 0.931. The molecule has 0 saturated heterocycles. The highest BCUT2D eigenvalue weighted by Crippen LogP contribution is 2.33. The Morgan fingerprint density at radius 2 is 2.00 bits per heavy atom. The molecular weight excluding hydrogens is 302 g/mol. The molecule has 17 heavy (non-hydrogen) atoms. The van der Waals surface area contributed by atoms with Crippen molar-refractivity contribution in [2.24, 2.45) is 0 Å². The summed E-state index contributed by atoms with van der Waals surface area (Å²) in [5, 5.41) is 0. The van der Waals surface area contributed by atoms with E-state index in [4.69, 9.17) is 0 Å². The zero-order valence-electron chi connectivity index (χ0n) is 9.96. The Kier molecular flexibility index (Phi) is 3.36. The van der Waals surface area contributed by atoms with E-state index in [0.717, 1.165) is 24.8 Å². The van der Waals surface area contributed by atoms with Crippen molar-refractivity contribution in [3.8, 4) is 0 Å². The summed E-state index contributed by atoms with van der Waals surface area (Å²) in [6.07, 6.45) is 2.92. The Bertz CT molecular complexity index is 535. The summed E-state index contributed by atoms with van der Waals surface area (Å²) in [5.41, 5.74) is 0.772. The molecule has 1 saturated carbocycles. The summed E-state index contributed by atoms with van der Waals surface area (Å²) >= 11 is 3.31. The number of sulfonamides is 1. The molecule has 5 heteroatoms. The molecule has 1 aliphatic carbocycles. The number of hydrogen-bond donors (Lipinski definition) is 1. The first-order valence-electron chi connectivity index (χ1n) is 5.63. The molecule has 0 bridgehead atoms. The number of rotatable bonds is 3. The highest BCUT2D eigenvalue weighted by atomic mass is 79.9. The van der Waals surface area contributed by atoms with Gasteiger partial charge in [0, 0.05) is 10.0 Å². The van der Waals surface area contributed by atoms with E-state index in [9.17, 15) is 8.42 Å². The summed E-state index contributed by atoms with van der Waals surface area (Å²) in [4.78, 5) is 0.316. The maximum Gasteiger partial charge on any atom is 0.242 e. The van der Waals surface area contributed by atoms with Crippen molar-refractivity contribution < 1.29 is 8.42 Å². The lowest BCUT2D eigenvalue weighted by atomic mass is 9.80. The molecule has 1 aromatic carbocycles. The molecule has 1 aromatic rings. The second kappa shape index (κ2) is 4.37. The highest BCUT2D eigenvalue weighted by Gasteiger charge is 2.36. The van der Waals surface area contributed by atoms with Gasteiger partial charge in [-0.2, -0.15) is 0 Å². The van der Waals surface area contributed by atoms with Gasteiger partial charge >= 0.3 is 0 Å². The third-order valence-corrected chi connectivity index (χ3v) is 5.83. The van der Waals surface area contributed by atoms with Gasteiger partial charge in [-0.1, -0.05) is 6.07 Å². The van der Waals surface area contributed by atoms with Crippen LogP contribution < -0.4 is 4.72 Å². The minimum absolute atomic E-state index is 0.261. The molecule has 0 aromatic heterocycles. The SMILES string of the molecule is Cc1ccc(S(=O)(=O)NC2(C)CCC2)c(Br)c1. The summed E-state index contributed by atoms with van der Waals surface area (Å²) in [5.74, 6) is 0. The number of halogens is 1. The fraction of sp³-hybridized carbons (Fsp3) is 0.500. The van der Waals surface area contributed by atoms with Crippen molar-refractivity contribution in [2.45, 2.75) is 43.5 Å². The van der Waals surface area contributed by atoms with E-state index < -0.39 is 10.0 Å². The Balaban J connectivity index is 2.31. The predicted octanol–water partition coefficient (Wildman–Crippen LogP) is 2.98. The fourth-order valence-corrected chi connectivity index (χ4v) is 4.67. The molecule has 2 rings (SSSR count). The smallest absolute Gasteiger partial charge is 0.207 e. The van der Waals surface area contributed by atoms with Crippen LogP contribution >= 0.6 is 15.9 Å². The van der Waals surface area contributed by atoms with Crippen LogP contribution in [0.25, 0.3) is 0 Å². The number of aryl methyl sites for hydroxylation is 1. The Hall–Kier alpha value is -0.390. The van der Waals surface area contributed by atoms with E-state index in [0.29, 0.717) is 9.37 Å². The monoisotopic (exact) mass is 317 g/mol. The Labute approximate surface area is 111 Å². The average Bonchev–Trinajstić information content (AvgIpc) is 2.13. The topological polar surface area (TPSA) is 46.2 Å². The van der Waals surface area contributed by atoms with Gasteiger partial charge in [0.2, 0.25) is 10.0 Å². The van der Waals surface area contributed by atoms with E-state index in [1.165, 1.54) is 0 Å². The van der Waals surface area contributed by atoms with Gasteiger partial charge in [-0.15, -0.1) is 0 Å². The fourth-order valence-electron chi connectivity index (χ4n) is 2.01. The molecule has 94 valence electrons. The molecule has 1 N–H and O–H groups in total. The molecule has 0 atom stereocenters. The second-order valence-corrected chi connectivity index (χ2v) is 7.46. The van der Waals surface area contributed by atoms with Crippen LogP contribution in [0.15, 0.2) is 27.6 Å². The summed E-state index contributed by atoms with van der Waals surface area (Å²) in [6.45, 7) is 3.89. The lowest BCUT2D eigenvalue weighted by Gasteiger charge is -2.38. The van der Waals surface area contributed by atoms with Crippen molar-refractivity contribution in [1.82, 2.24) is 4.72 Å². The minimum Gasteiger partial charge on any atom is -0.207 e. The first kappa shape index (κ1) is 13.1. The van der Waals surface area contributed by atoms with Crippen molar-refractivity contribution in [3.05, 3.63) is 28.2 Å². The minimum atomic E-state index is -3.42. The van der Waals surface area contributed by atoms with E-state index in [1.54, 1.807) is 6.07 Å². The zero-order valence-corrected chi connectivity index (χ0v) is 12.4. The number of benzene rings is 1. The van der Waals surface area contributed by atoms with Gasteiger partial charge in [0.1, 0.15) is 0 Å². The molecule has 0 unspecified atom stereocenters.